The number of halogens is 2. The van der Waals surface area contributed by atoms with Crippen LogP contribution in [0.1, 0.15) is 49.4 Å². The maximum atomic E-state index is 13.1. The second-order valence-corrected chi connectivity index (χ2v) is 11.6. The highest BCUT2D eigenvalue weighted by Crippen LogP contribution is 2.27. The molecule has 0 saturated heterocycles. The Hall–Kier alpha value is -3.73. The molecule has 1 atom stereocenters. The number of rotatable bonds is 12. The summed E-state index contributed by atoms with van der Waals surface area (Å²) in [5.74, 6) is 0.512. The Morgan fingerprint density at radius 3 is 2.29 bits per heavy atom. The van der Waals surface area contributed by atoms with Crippen LogP contribution in [0.5, 0.6) is 0 Å². The van der Waals surface area contributed by atoms with Gasteiger partial charge in [0.2, 0.25) is 5.91 Å². The summed E-state index contributed by atoms with van der Waals surface area (Å²) < 4.78 is 1.92. The predicted octanol–water partition coefficient (Wildman–Crippen LogP) is 8.27. The van der Waals surface area contributed by atoms with Gasteiger partial charge in [0.15, 0.2) is 11.0 Å². The van der Waals surface area contributed by atoms with Crippen molar-refractivity contribution < 1.29 is 9.59 Å². The molecule has 4 aromatic rings. The Morgan fingerprint density at radius 1 is 0.952 bits per heavy atom. The van der Waals surface area contributed by atoms with Gasteiger partial charge in [0.1, 0.15) is 0 Å². The summed E-state index contributed by atoms with van der Waals surface area (Å²) in [6.45, 7) is 6.68. The van der Waals surface area contributed by atoms with E-state index in [4.69, 9.17) is 23.2 Å². The number of thioether (sulfide) groups is 1. The van der Waals surface area contributed by atoms with Crippen molar-refractivity contribution in [2.24, 2.45) is 16.1 Å². The lowest BCUT2D eigenvalue weighted by Gasteiger charge is -2.21. The zero-order valence-corrected chi connectivity index (χ0v) is 25.7. The van der Waals surface area contributed by atoms with Crippen molar-refractivity contribution in [3.8, 4) is 0 Å². The maximum Gasteiger partial charge on any atom is 0.253 e. The number of amides is 2. The number of hydrogen-bond acceptors (Lipinski definition) is 7. The van der Waals surface area contributed by atoms with Gasteiger partial charge in [-0.05, 0) is 73.9 Å². The highest BCUT2D eigenvalue weighted by atomic mass is 35.5. The lowest BCUT2D eigenvalue weighted by Crippen LogP contribution is -2.31. The number of azo groups is 1. The number of anilines is 1. The van der Waals surface area contributed by atoms with E-state index in [1.807, 2.05) is 41.8 Å². The van der Waals surface area contributed by atoms with Gasteiger partial charge in [-0.15, -0.1) is 10.2 Å². The molecule has 0 radical (unpaired) electrons. The van der Waals surface area contributed by atoms with E-state index >= 15 is 0 Å². The van der Waals surface area contributed by atoms with Crippen molar-refractivity contribution in [3.63, 3.8) is 0 Å². The normalized spacial score (nSPS) is 12.0. The number of carbonyl (C=O) groups is 2. The summed E-state index contributed by atoms with van der Waals surface area (Å²) in [4.78, 5) is 25.8. The molecule has 0 bridgehead atoms. The summed E-state index contributed by atoms with van der Waals surface area (Å²) in [5, 5.41) is 24.4. The van der Waals surface area contributed by atoms with Crippen molar-refractivity contribution in [2.45, 2.75) is 44.9 Å². The van der Waals surface area contributed by atoms with Crippen LogP contribution in [0.4, 0.5) is 17.1 Å². The average molecular weight is 625 g/mol. The van der Waals surface area contributed by atoms with E-state index < -0.39 is 6.04 Å². The van der Waals surface area contributed by atoms with Crippen LogP contribution in [0, 0.1) is 5.92 Å². The molecular formula is C30H31Cl2N7O2S. The third-order valence-electron chi connectivity index (χ3n) is 6.08. The Labute approximate surface area is 259 Å². The topological polar surface area (TPSA) is 114 Å². The van der Waals surface area contributed by atoms with Crippen LogP contribution in [0.2, 0.25) is 10.0 Å². The highest BCUT2D eigenvalue weighted by molar-refractivity contribution is 7.99. The number of benzene rings is 3. The monoisotopic (exact) mass is 623 g/mol. The summed E-state index contributed by atoms with van der Waals surface area (Å²) in [6.07, 6.45) is 0.640. The molecule has 12 heteroatoms. The van der Waals surface area contributed by atoms with E-state index in [1.165, 1.54) is 17.8 Å². The Kier molecular flexibility index (Phi) is 11.1. The van der Waals surface area contributed by atoms with Gasteiger partial charge < -0.3 is 15.2 Å². The minimum Gasteiger partial charge on any atom is -0.342 e. The van der Waals surface area contributed by atoms with E-state index in [1.54, 1.807) is 36.4 Å². The number of hydrogen-bond donors (Lipinski definition) is 2. The molecule has 218 valence electrons. The van der Waals surface area contributed by atoms with Gasteiger partial charge in [0.05, 0.1) is 33.8 Å². The third kappa shape index (κ3) is 8.64. The minimum absolute atomic E-state index is 0.134. The second kappa shape index (κ2) is 14.9. The molecule has 2 amide bonds. The van der Waals surface area contributed by atoms with Crippen LogP contribution in [-0.4, -0.2) is 32.3 Å². The maximum absolute atomic E-state index is 13.1. The van der Waals surface area contributed by atoms with Gasteiger partial charge in [-0.25, -0.2) is 0 Å². The molecule has 0 saturated carbocycles. The molecule has 3 aromatic carbocycles. The largest absolute Gasteiger partial charge is 0.342 e. The fourth-order valence-corrected chi connectivity index (χ4v) is 5.42. The molecule has 2 N–H and O–H groups in total. The summed E-state index contributed by atoms with van der Waals surface area (Å²) >= 11 is 13.5. The van der Waals surface area contributed by atoms with Crippen molar-refractivity contribution >= 4 is 63.8 Å². The first-order valence-electron chi connectivity index (χ1n) is 13.4. The van der Waals surface area contributed by atoms with Crippen LogP contribution in [0.3, 0.4) is 0 Å². The molecule has 1 aromatic heterocycles. The Bertz CT molecular complexity index is 1540. The standard InChI is InChI=1S/C30H31Cl2N7O2S/c1-4-39-28(26(16-19(2)3)34-29(41)24-15-10-20(31)17-25(24)32)37-38-30(39)42-18-27(40)33-21-11-13-23(14-12-21)36-35-22-8-6-5-7-9-22/h5-15,17,19,26H,4,16,18H2,1-3H3,(H,33,40)(H,34,41)/t26-/m1/s1. The molecular weight excluding hydrogens is 593 g/mol. The van der Waals surface area contributed by atoms with E-state index in [-0.39, 0.29) is 28.5 Å². The fraction of sp³-hybridized carbons (Fsp3) is 0.267. The average Bonchev–Trinajstić information content (AvgIpc) is 3.38. The van der Waals surface area contributed by atoms with Gasteiger partial charge in [-0.1, -0.05) is 67.0 Å². The van der Waals surface area contributed by atoms with Crippen LogP contribution in [0.15, 0.2) is 88.2 Å². The molecule has 0 aliphatic heterocycles. The molecule has 0 unspecified atom stereocenters. The summed E-state index contributed by atoms with van der Waals surface area (Å²) in [6, 6.07) is 20.9. The van der Waals surface area contributed by atoms with E-state index in [0.717, 1.165) is 5.69 Å². The molecule has 4 rings (SSSR count). The van der Waals surface area contributed by atoms with Crippen molar-refractivity contribution in [2.75, 3.05) is 11.1 Å². The predicted molar refractivity (Wildman–Crippen MR) is 168 cm³/mol. The Balaban J connectivity index is 1.39. The third-order valence-corrected chi connectivity index (χ3v) is 7.60. The minimum atomic E-state index is -0.405. The zero-order valence-electron chi connectivity index (χ0n) is 23.4. The quantitative estimate of drug-likeness (QED) is 0.122. The Morgan fingerprint density at radius 2 is 1.64 bits per heavy atom. The van der Waals surface area contributed by atoms with E-state index in [9.17, 15) is 9.59 Å². The lowest BCUT2D eigenvalue weighted by atomic mass is 10.0. The first kappa shape index (κ1) is 31.2. The van der Waals surface area contributed by atoms with E-state index in [0.29, 0.717) is 45.9 Å². The molecule has 0 aliphatic carbocycles. The molecule has 1 heterocycles. The number of carbonyl (C=O) groups excluding carboxylic acids is 2. The smallest absolute Gasteiger partial charge is 0.253 e. The fourth-order valence-electron chi connectivity index (χ4n) is 4.12. The second-order valence-electron chi connectivity index (χ2n) is 9.78. The first-order chi connectivity index (χ1) is 20.2. The number of nitrogens with zero attached hydrogens (tertiary/aromatic N) is 5. The van der Waals surface area contributed by atoms with Crippen molar-refractivity contribution in [3.05, 3.63) is 94.2 Å². The van der Waals surface area contributed by atoms with Gasteiger partial charge in [0.25, 0.3) is 5.91 Å². The first-order valence-corrected chi connectivity index (χ1v) is 15.2. The molecule has 42 heavy (non-hydrogen) atoms. The highest BCUT2D eigenvalue weighted by Gasteiger charge is 2.25. The van der Waals surface area contributed by atoms with Crippen molar-refractivity contribution in [1.29, 1.82) is 0 Å². The van der Waals surface area contributed by atoms with Crippen LogP contribution in [0.25, 0.3) is 0 Å². The zero-order chi connectivity index (χ0) is 30.1. The molecule has 0 spiro atoms. The summed E-state index contributed by atoms with van der Waals surface area (Å²) in [7, 11) is 0. The van der Waals surface area contributed by atoms with Crippen LogP contribution in [-0.2, 0) is 11.3 Å². The summed E-state index contributed by atoms with van der Waals surface area (Å²) in [5.41, 5.74) is 2.42. The van der Waals surface area contributed by atoms with Gasteiger partial charge >= 0.3 is 0 Å². The lowest BCUT2D eigenvalue weighted by molar-refractivity contribution is -0.113. The van der Waals surface area contributed by atoms with Crippen molar-refractivity contribution in [1.82, 2.24) is 20.1 Å². The number of aromatic nitrogens is 3. The van der Waals surface area contributed by atoms with Gasteiger partial charge in [-0.3, -0.25) is 9.59 Å². The SMILES string of the molecule is CCn1c(SCC(=O)Nc2ccc(N=Nc3ccccc3)cc2)nnc1[C@@H](CC(C)C)NC(=O)c1ccc(Cl)cc1Cl. The number of nitrogens with one attached hydrogen (secondary N) is 2. The molecule has 0 fully saturated rings. The van der Waals surface area contributed by atoms with Crippen LogP contribution < -0.4 is 10.6 Å². The van der Waals surface area contributed by atoms with Crippen LogP contribution >= 0.6 is 35.0 Å². The van der Waals surface area contributed by atoms with Gasteiger partial charge in [0, 0.05) is 17.3 Å². The molecule has 0 aliphatic rings. The van der Waals surface area contributed by atoms with E-state index in [2.05, 4.69) is 44.9 Å². The molecule has 9 nitrogen and oxygen atoms in total. The van der Waals surface area contributed by atoms with Gasteiger partial charge in [-0.2, -0.15) is 10.2 Å².